The minimum absolute atomic E-state index is 0.0502. The van der Waals surface area contributed by atoms with Gasteiger partial charge in [0.05, 0.1) is 12.3 Å². The van der Waals surface area contributed by atoms with Crippen molar-refractivity contribution in [2.75, 3.05) is 0 Å². The summed E-state index contributed by atoms with van der Waals surface area (Å²) in [4.78, 5) is 1.28. The van der Waals surface area contributed by atoms with Crippen molar-refractivity contribution >= 4 is 38.2 Å². The quantitative estimate of drug-likeness (QED) is 0.559. The predicted octanol–water partition coefficient (Wildman–Crippen LogP) is 4.00. The number of thiophene rings is 1. The van der Waals surface area contributed by atoms with Gasteiger partial charge in [-0.1, -0.05) is 18.2 Å². The zero-order valence-corrected chi connectivity index (χ0v) is 12.5. The van der Waals surface area contributed by atoms with Gasteiger partial charge in [0.25, 0.3) is 0 Å². The highest BCUT2D eigenvalue weighted by Gasteiger charge is 2.17. The lowest BCUT2D eigenvalue weighted by atomic mass is 10.0. The zero-order valence-electron chi connectivity index (χ0n) is 10.1. The Bertz CT molecular complexity index is 691. The topological polar surface area (TPSA) is 51.2 Å². The van der Waals surface area contributed by atoms with Crippen LogP contribution in [0, 0.1) is 0 Å². The first-order valence-corrected chi connectivity index (χ1v) is 7.60. The third-order valence-electron chi connectivity index (χ3n) is 3.11. The number of rotatable bonds is 4. The van der Waals surface area contributed by atoms with Crippen molar-refractivity contribution in [1.29, 1.82) is 0 Å². The SMILES string of the molecule is NNC(Cc1cc(Br)cs1)c1coc2ccccc12. The third kappa shape index (κ3) is 2.60. The lowest BCUT2D eigenvalue weighted by Gasteiger charge is -2.13. The Morgan fingerprint density at radius 1 is 1.37 bits per heavy atom. The van der Waals surface area contributed by atoms with E-state index in [4.69, 9.17) is 10.3 Å². The van der Waals surface area contributed by atoms with Gasteiger partial charge in [-0.25, -0.2) is 0 Å². The van der Waals surface area contributed by atoms with Crippen molar-refractivity contribution < 1.29 is 4.42 Å². The van der Waals surface area contributed by atoms with Crippen molar-refractivity contribution in [3.05, 3.63) is 56.9 Å². The fourth-order valence-electron chi connectivity index (χ4n) is 2.19. The molecule has 1 atom stereocenters. The maximum atomic E-state index is 5.71. The molecule has 3 rings (SSSR count). The molecular formula is C14H13BrN2OS. The number of fused-ring (bicyclic) bond motifs is 1. The lowest BCUT2D eigenvalue weighted by Crippen LogP contribution is -2.29. The lowest BCUT2D eigenvalue weighted by molar-refractivity contribution is 0.539. The van der Waals surface area contributed by atoms with E-state index in [1.165, 1.54) is 4.88 Å². The first kappa shape index (κ1) is 12.9. The highest BCUT2D eigenvalue weighted by molar-refractivity contribution is 9.10. The number of furan rings is 1. The van der Waals surface area contributed by atoms with Crippen molar-refractivity contribution in [3.8, 4) is 0 Å². The van der Waals surface area contributed by atoms with Crippen LogP contribution in [-0.2, 0) is 6.42 Å². The Morgan fingerprint density at radius 3 is 2.95 bits per heavy atom. The third-order valence-corrected chi connectivity index (χ3v) is 4.83. The summed E-state index contributed by atoms with van der Waals surface area (Å²) < 4.78 is 6.68. The number of nitrogens with two attached hydrogens (primary N) is 1. The van der Waals surface area contributed by atoms with E-state index in [0.717, 1.165) is 27.4 Å². The van der Waals surface area contributed by atoms with Crippen LogP contribution in [-0.4, -0.2) is 0 Å². The van der Waals surface area contributed by atoms with Crippen LogP contribution in [0.4, 0.5) is 0 Å². The van der Waals surface area contributed by atoms with Crippen LogP contribution in [0.25, 0.3) is 11.0 Å². The number of hydrogen-bond donors (Lipinski definition) is 2. The molecule has 1 unspecified atom stereocenters. The zero-order chi connectivity index (χ0) is 13.2. The van der Waals surface area contributed by atoms with Crippen LogP contribution in [0.5, 0.6) is 0 Å². The van der Waals surface area contributed by atoms with Crippen molar-refractivity contribution in [2.24, 2.45) is 5.84 Å². The summed E-state index contributed by atoms with van der Waals surface area (Å²) in [6.45, 7) is 0. The Balaban J connectivity index is 1.93. The number of hydrogen-bond acceptors (Lipinski definition) is 4. The van der Waals surface area contributed by atoms with Crippen LogP contribution >= 0.6 is 27.3 Å². The Labute approximate surface area is 123 Å². The summed E-state index contributed by atoms with van der Waals surface area (Å²) in [7, 11) is 0. The van der Waals surface area contributed by atoms with Gasteiger partial charge in [0, 0.05) is 32.1 Å². The molecule has 5 heteroatoms. The van der Waals surface area contributed by atoms with Gasteiger partial charge in [-0.3, -0.25) is 11.3 Å². The monoisotopic (exact) mass is 336 g/mol. The Morgan fingerprint density at radius 2 is 2.21 bits per heavy atom. The normalized spacial score (nSPS) is 12.9. The van der Waals surface area contributed by atoms with Crippen LogP contribution in [0.15, 0.2) is 50.9 Å². The summed E-state index contributed by atoms with van der Waals surface area (Å²) in [5.74, 6) is 5.71. The largest absolute Gasteiger partial charge is 0.464 e. The van der Waals surface area contributed by atoms with E-state index in [0.29, 0.717) is 0 Å². The van der Waals surface area contributed by atoms with Crippen molar-refractivity contribution in [1.82, 2.24) is 5.43 Å². The molecule has 98 valence electrons. The number of hydrazine groups is 1. The molecule has 3 N–H and O–H groups in total. The van der Waals surface area contributed by atoms with Crippen LogP contribution in [0.2, 0.25) is 0 Å². The first-order valence-electron chi connectivity index (χ1n) is 5.93. The molecule has 0 fully saturated rings. The molecule has 2 heterocycles. The fraction of sp³-hybridized carbons (Fsp3) is 0.143. The van der Waals surface area contributed by atoms with E-state index in [1.54, 1.807) is 17.6 Å². The summed E-state index contributed by atoms with van der Waals surface area (Å²) >= 11 is 5.20. The first-order chi connectivity index (χ1) is 9.28. The smallest absolute Gasteiger partial charge is 0.134 e. The molecule has 1 aromatic carbocycles. The molecule has 0 bridgehead atoms. The second-order valence-electron chi connectivity index (χ2n) is 4.34. The van der Waals surface area contributed by atoms with Crippen molar-refractivity contribution in [3.63, 3.8) is 0 Å². The van der Waals surface area contributed by atoms with Gasteiger partial charge in [0.15, 0.2) is 0 Å². The van der Waals surface area contributed by atoms with E-state index >= 15 is 0 Å². The standard InChI is InChI=1S/C14H13BrN2OS/c15-9-5-10(19-8-9)6-13(17-16)12-7-18-14-4-2-1-3-11(12)14/h1-5,7-8,13,17H,6,16H2. The highest BCUT2D eigenvalue weighted by atomic mass is 79.9. The van der Waals surface area contributed by atoms with Gasteiger partial charge in [-0.2, -0.15) is 0 Å². The van der Waals surface area contributed by atoms with Gasteiger partial charge in [-0.05, 0) is 28.1 Å². The molecule has 0 saturated carbocycles. The average molecular weight is 337 g/mol. The number of halogens is 1. The summed E-state index contributed by atoms with van der Waals surface area (Å²) in [6.07, 6.45) is 2.63. The molecule has 3 nitrogen and oxygen atoms in total. The maximum Gasteiger partial charge on any atom is 0.134 e. The fourth-order valence-corrected chi connectivity index (χ4v) is 3.69. The molecule has 3 aromatic rings. The second kappa shape index (κ2) is 5.46. The van der Waals surface area contributed by atoms with Crippen LogP contribution < -0.4 is 11.3 Å². The Kier molecular flexibility index (Phi) is 3.70. The van der Waals surface area contributed by atoms with Crippen molar-refractivity contribution in [2.45, 2.75) is 12.5 Å². The maximum absolute atomic E-state index is 5.71. The number of para-hydroxylation sites is 1. The summed E-state index contributed by atoms with van der Waals surface area (Å²) in [5, 5.41) is 3.19. The molecule has 19 heavy (non-hydrogen) atoms. The van der Waals surface area contributed by atoms with Gasteiger partial charge in [-0.15, -0.1) is 11.3 Å². The minimum atomic E-state index is 0.0502. The van der Waals surface area contributed by atoms with Gasteiger partial charge in [0.2, 0.25) is 0 Å². The van der Waals surface area contributed by atoms with Gasteiger partial charge >= 0.3 is 0 Å². The number of nitrogens with one attached hydrogen (secondary N) is 1. The van der Waals surface area contributed by atoms with Gasteiger partial charge in [0.1, 0.15) is 5.58 Å². The van der Waals surface area contributed by atoms with Crippen LogP contribution in [0.1, 0.15) is 16.5 Å². The number of benzene rings is 1. The van der Waals surface area contributed by atoms with Crippen LogP contribution in [0.3, 0.4) is 0 Å². The molecule has 0 aliphatic heterocycles. The highest BCUT2D eigenvalue weighted by Crippen LogP contribution is 2.30. The van der Waals surface area contributed by atoms with E-state index in [1.807, 2.05) is 18.2 Å². The van der Waals surface area contributed by atoms with E-state index in [9.17, 15) is 0 Å². The second-order valence-corrected chi connectivity index (χ2v) is 6.25. The molecule has 0 amide bonds. The Hall–Kier alpha value is -1.14. The van der Waals surface area contributed by atoms with E-state index in [2.05, 4.69) is 38.9 Å². The predicted molar refractivity (Wildman–Crippen MR) is 82.0 cm³/mol. The molecule has 0 saturated heterocycles. The molecule has 0 spiro atoms. The molecular weight excluding hydrogens is 324 g/mol. The van der Waals surface area contributed by atoms with E-state index in [-0.39, 0.29) is 6.04 Å². The molecule has 0 aliphatic carbocycles. The molecule has 2 aromatic heterocycles. The molecule has 0 radical (unpaired) electrons. The van der Waals surface area contributed by atoms with E-state index < -0.39 is 0 Å². The van der Waals surface area contributed by atoms with Gasteiger partial charge < -0.3 is 4.42 Å². The summed E-state index contributed by atoms with van der Waals surface area (Å²) in [5.41, 5.74) is 4.88. The average Bonchev–Trinajstić information content (AvgIpc) is 3.02. The summed E-state index contributed by atoms with van der Waals surface area (Å²) in [6, 6.07) is 10.2. The molecule has 0 aliphatic rings. The minimum Gasteiger partial charge on any atom is -0.464 e.